The van der Waals surface area contributed by atoms with Crippen LogP contribution in [0.25, 0.3) is 10.8 Å². The van der Waals surface area contributed by atoms with E-state index >= 15 is 0 Å². The Kier molecular flexibility index (Phi) is 6.37. The van der Waals surface area contributed by atoms with Crippen molar-refractivity contribution in [3.63, 3.8) is 0 Å². The fraction of sp³-hybridized carbons (Fsp3) is 0.333. The van der Waals surface area contributed by atoms with Crippen molar-refractivity contribution in [1.82, 2.24) is 20.5 Å². The maximum Gasteiger partial charge on any atom is 0.191 e. The second-order valence-electron chi connectivity index (χ2n) is 7.62. The van der Waals surface area contributed by atoms with Crippen molar-refractivity contribution in [2.75, 3.05) is 20.1 Å². The molecule has 5 nitrogen and oxygen atoms in total. The highest BCUT2D eigenvalue weighted by atomic mass is 15.2. The van der Waals surface area contributed by atoms with Crippen molar-refractivity contribution >= 4 is 16.7 Å². The molecule has 0 saturated carbocycles. The van der Waals surface area contributed by atoms with Crippen LogP contribution in [0.5, 0.6) is 0 Å². The number of hydrogen-bond acceptors (Lipinski definition) is 3. The average molecular weight is 388 g/mol. The summed E-state index contributed by atoms with van der Waals surface area (Å²) in [6.45, 7) is 3.86. The van der Waals surface area contributed by atoms with Gasteiger partial charge in [0, 0.05) is 45.5 Å². The second kappa shape index (κ2) is 9.52. The lowest BCUT2D eigenvalue weighted by Gasteiger charge is -2.32. The number of fused-ring (bicyclic) bond motifs is 1. The van der Waals surface area contributed by atoms with Gasteiger partial charge < -0.3 is 10.6 Å². The summed E-state index contributed by atoms with van der Waals surface area (Å²) in [6, 6.07) is 21.6. The van der Waals surface area contributed by atoms with Crippen molar-refractivity contribution in [2.45, 2.75) is 32.0 Å². The summed E-state index contributed by atoms with van der Waals surface area (Å²) >= 11 is 0. The molecule has 5 heteroatoms. The maximum atomic E-state index is 4.44. The third kappa shape index (κ3) is 5.33. The van der Waals surface area contributed by atoms with E-state index in [2.05, 4.69) is 80.1 Å². The van der Waals surface area contributed by atoms with Crippen LogP contribution in [0.3, 0.4) is 0 Å². The van der Waals surface area contributed by atoms with E-state index in [0.717, 1.165) is 50.7 Å². The molecule has 29 heavy (non-hydrogen) atoms. The number of aliphatic imine (C=N–C) groups is 1. The van der Waals surface area contributed by atoms with Gasteiger partial charge in [-0.1, -0.05) is 42.5 Å². The number of pyridine rings is 1. The lowest BCUT2D eigenvalue weighted by Crippen LogP contribution is -2.48. The van der Waals surface area contributed by atoms with Gasteiger partial charge in [0.05, 0.1) is 5.69 Å². The normalized spacial score (nSPS) is 16.1. The van der Waals surface area contributed by atoms with Crippen LogP contribution in [0, 0.1) is 0 Å². The number of nitrogens with one attached hydrogen (secondary N) is 2. The number of likely N-dealkylation sites (tertiary alicyclic amines) is 1. The topological polar surface area (TPSA) is 52.6 Å². The minimum absolute atomic E-state index is 0.456. The highest BCUT2D eigenvalue weighted by molar-refractivity contribution is 5.83. The first-order valence-electron chi connectivity index (χ1n) is 10.4. The summed E-state index contributed by atoms with van der Waals surface area (Å²) in [5.41, 5.74) is 2.41. The molecule has 1 saturated heterocycles. The van der Waals surface area contributed by atoms with E-state index < -0.39 is 0 Å². The van der Waals surface area contributed by atoms with E-state index in [0.29, 0.717) is 6.04 Å². The van der Waals surface area contributed by atoms with Gasteiger partial charge in [0.2, 0.25) is 0 Å². The number of aromatic nitrogens is 1. The Morgan fingerprint density at radius 1 is 1.03 bits per heavy atom. The van der Waals surface area contributed by atoms with Gasteiger partial charge in [0.25, 0.3) is 0 Å². The molecular formula is C24H29N5. The third-order valence-electron chi connectivity index (χ3n) is 5.54. The number of rotatable bonds is 5. The average Bonchev–Trinajstić information content (AvgIpc) is 2.78. The first-order chi connectivity index (χ1) is 14.3. The van der Waals surface area contributed by atoms with E-state index in [1.54, 1.807) is 0 Å². The van der Waals surface area contributed by atoms with E-state index in [-0.39, 0.29) is 0 Å². The van der Waals surface area contributed by atoms with E-state index in [4.69, 9.17) is 0 Å². The van der Waals surface area contributed by atoms with Crippen LogP contribution in [-0.2, 0) is 13.1 Å². The Morgan fingerprint density at radius 2 is 1.83 bits per heavy atom. The first kappa shape index (κ1) is 19.4. The molecule has 3 aromatic rings. The lowest BCUT2D eigenvalue weighted by molar-refractivity contribution is 0.196. The molecule has 0 spiro atoms. The molecule has 0 bridgehead atoms. The molecule has 0 radical (unpaired) electrons. The van der Waals surface area contributed by atoms with E-state index in [9.17, 15) is 0 Å². The molecule has 1 aliphatic heterocycles. The van der Waals surface area contributed by atoms with Crippen LogP contribution in [-0.4, -0.2) is 42.0 Å². The molecule has 0 aliphatic carbocycles. The fourth-order valence-electron chi connectivity index (χ4n) is 3.88. The molecular weight excluding hydrogens is 358 g/mol. The standard InChI is InChI=1S/C24H29N5/c1-25-24(27-17-19-9-10-20-6-2-3-7-21(20)16-19)28-22-11-14-29(15-12-22)18-23-8-4-5-13-26-23/h2-10,13,16,22H,11-12,14-15,17-18H2,1H3,(H2,25,27,28). The molecule has 2 aromatic carbocycles. The molecule has 0 amide bonds. The van der Waals surface area contributed by atoms with Gasteiger partial charge in [-0.2, -0.15) is 0 Å². The van der Waals surface area contributed by atoms with Gasteiger partial charge in [-0.15, -0.1) is 0 Å². The van der Waals surface area contributed by atoms with Gasteiger partial charge in [-0.05, 0) is 47.4 Å². The Morgan fingerprint density at radius 3 is 2.59 bits per heavy atom. The van der Waals surface area contributed by atoms with Crippen molar-refractivity contribution < 1.29 is 0 Å². The van der Waals surface area contributed by atoms with E-state index in [1.807, 2.05) is 19.3 Å². The SMILES string of the molecule is CN=C(NCc1ccc2ccccc2c1)NC1CCN(Cc2ccccn2)CC1. The van der Waals surface area contributed by atoms with Crippen molar-refractivity contribution in [3.8, 4) is 0 Å². The van der Waals surface area contributed by atoms with Gasteiger partial charge in [-0.25, -0.2) is 0 Å². The lowest BCUT2D eigenvalue weighted by atomic mass is 10.0. The molecule has 2 heterocycles. The van der Waals surface area contributed by atoms with Crippen LogP contribution in [0.4, 0.5) is 0 Å². The first-order valence-corrected chi connectivity index (χ1v) is 10.4. The molecule has 1 aliphatic rings. The quantitative estimate of drug-likeness (QED) is 0.519. The minimum Gasteiger partial charge on any atom is -0.354 e. The summed E-state index contributed by atoms with van der Waals surface area (Å²) in [6.07, 6.45) is 4.10. The second-order valence-corrected chi connectivity index (χ2v) is 7.62. The largest absolute Gasteiger partial charge is 0.354 e. The van der Waals surface area contributed by atoms with Crippen molar-refractivity contribution in [1.29, 1.82) is 0 Å². The molecule has 2 N–H and O–H groups in total. The van der Waals surface area contributed by atoms with Gasteiger partial charge in [0.15, 0.2) is 5.96 Å². The predicted octanol–water partition coefficient (Wildman–Crippen LogP) is 3.56. The van der Waals surface area contributed by atoms with Gasteiger partial charge >= 0.3 is 0 Å². The van der Waals surface area contributed by atoms with Crippen LogP contribution >= 0.6 is 0 Å². The number of nitrogens with zero attached hydrogens (tertiary/aromatic N) is 3. The van der Waals surface area contributed by atoms with Gasteiger partial charge in [-0.3, -0.25) is 14.9 Å². The van der Waals surface area contributed by atoms with Crippen LogP contribution in [0.1, 0.15) is 24.1 Å². The fourth-order valence-corrected chi connectivity index (χ4v) is 3.88. The molecule has 0 unspecified atom stereocenters. The molecule has 150 valence electrons. The third-order valence-corrected chi connectivity index (χ3v) is 5.54. The zero-order valence-corrected chi connectivity index (χ0v) is 17.0. The molecule has 1 fully saturated rings. The van der Waals surface area contributed by atoms with Crippen molar-refractivity contribution in [3.05, 3.63) is 78.1 Å². The monoisotopic (exact) mass is 387 g/mol. The molecule has 4 rings (SSSR count). The van der Waals surface area contributed by atoms with Crippen LogP contribution < -0.4 is 10.6 Å². The maximum absolute atomic E-state index is 4.44. The van der Waals surface area contributed by atoms with Crippen molar-refractivity contribution in [2.24, 2.45) is 4.99 Å². The Bertz CT molecular complexity index is 946. The number of hydrogen-bond donors (Lipinski definition) is 2. The zero-order chi connectivity index (χ0) is 19.9. The van der Waals surface area contributed by atoms with E-state index in [1.165, 1.54) is 16.3 Å². The highest BCUT2D eigenvalue weighted by Gasteiger charge is 2.20. The van der Waals surface area contributed by atoms with Crippen LogP contribution in [0.2, 0.25) is 0 Å². The zero-order valence-electron chi connectivity index (χ0n) is 17.0. The smallest absolute Gasteiger partial charge is 0.191 e. The van der Waals surface area contributed by atoms with Gasteiger partial charge in [0.1, 0.15) is 0 Å². The minimum atomic E-state index is 0.456. The summed E-state index contributed by atoms with van der Waals surface area (Å²) in [4.78, 5) is 11.3. The Labute approximate surface area is 172 Å². The number of piperidine rings is 1. The summed E-state index contributed by atoms with van der Waals surface area (Å²) < 4.78 is 0. The number of guanidine groups is 1. The molecule has 1 aromatic heterocycles. The molecule has 0 atom stereocenters. The summed E-state index contributed by atoms with van der Waals surface area (Å²) in [5, 5.41) is 9.61. The predicted molar refractivity (Wildman–Crippen MR) is 120 cm³/mol. The highest BCUT2D eigenvalue weighted by Crippen LogP contribution is 2.16. The Hall–Kier alpha value is -2.92. The van der Waals surface area contributed by atoms with Crippen LogP contribution in [0.15, 0.2) is 71.9 Å². The number of benzene rings is 2. The Balaban J connectivity index is 1.25. The summed E-state index contributed by atoms with van der Waals surface area (Å²) in [7, 11) is 1.84. The summed E-state index contributed by atoms with van der Waals surface area (Å²) in [5.74, 6) is 0.876.